The second-order valence-electron chi connectivity index (χ2n) is 10.1. The van der Waals surface area contributed by atoms with Crippen LogP contribution in [0.3, 0.4) is 0 Å². The molecule has 2 heterocycles. The van der Waals surface area contributed by atoms with Crippen LogP contribution in [-0.4, -0.2) is 70.5 Å². The average molecular weight is 489 g/mol. The van der Waals surface area contributed by atoms with Gasteiger partial charge in [0.05, 0.1) is 24.7 Å². The molecule has 0 radical (unpaired) electrons. The van der Waals surface area contributed by atoms with Gasteiger partial charge in [-0.05, 0) is 24.8 Å². The topological polar surface area (TPSA) is 79.6 Å². The number of carbonyl (C=O) groups is 1. The van der Waals surface area contributed by atoms with Crippen LogP contribution >= 0.6 is 0 Å². The molecular formula is C29H36N4O3. The van der Waals surface area contributed by atoms with Gasteiger partial charge < -0.3 is 24.6 Å². The van der Waals surface area contributed by atoms with Gasteiger partial charge in [0, 0.05) is 38.3 Å². The molecule has 1 aromatic heterocycles. The summed E-state index contributed by atoms with van der Waals surface area (Å²) in [5, 5.41) is 15.0. The lowest BCUT2D eigenvalue weighted by Crippen LogP contribution is -2.54. The van der Waals surface area contributed by atoms with Crippen molar-refractivity contribution in [3.63, 3.8) is 0 Å². The van der Waals surface area contributed by atoms with Gasteiger partial charge in [-0.1, -0.05) is 73.5 Å². The third-order valence-corrected chi connectivity index (χ3v) is 7.66. The highest BCUT2D eigenvalue weighted by Crippen LogP contribution is 2.41. The summed E-state index contributed by atoms with van der Waals surface area (Å²) in [4.78, 5) is 20.8. The van der Waals surface area contributed by atoms with E-state index in [1.54, 1.807) is 13.4 Å². The minimum atomic E-state index is -0.998. The molecule has 3 atom stereocenters. The Morgan fingerprint density at radius 1 is 1.14 bits per heavy atom. The summed E-state index contributed by atoms with van der Waals surface area (Å²) in [5.74, 6) is -0.0545. The van der Waals surface area contributed by atoms with Gasteiger partial charge in [-0.2, -0.15) is 0 Å². The maximum absolute atomic E-state index is 14.1. The summed E-state index contributed by atoms with van der Waals surface area (Å²) in [5.41, 5.74) is 2.37. The molecule has 1 aliphatic carbocycles. The first-order valence-corrected chi connectivity index (χ1v) is 13.0. The van der Waals surface area contributed by atoms with Crippen LogP contribution in [0.2, 0.25) is 0 Å². The number of hydrogen-bond donors (Lipinski definition) is 2. The number of amides is 1. The number of ether oxygens (including phenoxy) is 1. The van der Waals surface area contributed by atoms with E-state index in [0.717, 1.165) is 50.0 Å². The zero-order chi connectivity index (χ0) is 25.0. The summed E-state index contributed by atoms with van der Waals surface area (Å²) in [6, 6.07) is 20.1. The number of nitrogens with one attached hydrogen (secondary N) is 1. The molecule has 1 aliphatic heterocycles. The molecule has 5 rings (SSSR count). The van der Waals surface area contributed by atoms with Crippen LogP contribution in [0, 0.1) is 0 Å². The molecule has 2 aliphatic rings. The van der Waals surface area contributed by atoms with E-state index in [1.807, 2.05) is 58.0 Å². The maximum atomic E-state index is 14.1. The molecule has 7 nitrogen and oxygen atoms in total. The fourth-order valence-corrected chi connectivity index (χ4v) is 5.89. The SMILES string of the molecule is COCC1(O)CCCCC1n1cnc(C(=O)N2CCNC[C@H]2Cc2ccccc2)c1-c1ccccc1. The highest BCUT2D eigenvalue weighted by Gasteiger charge is 2.42. The Morgan fingerprint density at radius 2 is 1.89 bits per heavy atom. The number of aliphatic hydroxyl groups is 1. The highest BCUT2D eigenvalue weighted by molar-refractivity contribution is 5.98. The standard InChI is InChI=1S/C29H36N4O3/c1-36-20-29(35)15-9-8-14-25(29)33-21-31-26(27(33)23-12-6-3-7-13-23)28(34)32-17-16-30-19-24(32)18-22-10-4-2-5-11-22/h2-7,10-13,21,24-25,30,35H,8-9,14-20H2,1H3/t24-,25?,29?/m1/s1. The van der Waals surface area contributed by atoms with Gasteiger partial charge >= 0.3 is 0 Å². The summed E-state index contributed by atoms with van der Waals surface area (Å²) < 4.78 is 7.47. The normalized spacial score (nSPS) is 24.6. The summed E-state index contributed by atoms with van der Waals surface area (Å²) >= 11 is 0. The van der Waals surface area contributed by atoms with Gasteiger partial charge in [0.15, 0.2) is 5.69 Å². The number of hydrogen-bond acceptors (Lipinski definition) is 5. The van der Waals surface area contributed by atoms with E-state index in [-0.39, 0.29) is 24.6 Å². The number of piperazine rings is 1. The Labute approximate surface area is 213 Å². The zero-order valence-electron chi connectivity index (χ0n) is 21.0. The van der Waals surface area contributed by atoms with Crippen molar-refractivity contribution >= 4 is 5.91 Å². The van der Waals surface area contributed by atoms with Crippen LogP contribution in [0.1, 0.15) is 47.8 Å². The van der Waals surface area contributed by atoms with Crippen molar-refractivity contribution in [1.82, 2.24) is 19.8 Å². The van der Waals surface area contributed by atoms with Crippen LogP contribution in [0.4, 0.5) is 0 Å². The third kappa shape index (κ3) is 4.96. The summed E-state index contributed by atoms with van der Waals surface area (Å²) in [6.45, 7) is 2.39. The van der Waals surface area contributed by atoms with Crippen LogP contribution in [-0.2, 0) is 11.2 Å². The number of methoxy groups -OCH3 is 1. The molecule has 7 heteroatoms. The van der Waals surface area contributed by atoms with Gasteiger partial charge in [-0.3, -0.25) is 4.79 Å². The van der Waals surface area contributed by atoms with Crippen molar-refractivity contribution in [2.24, 2.45) is 0 Å². The number of imidazole rings is 1. The summed E-state index contributed by atoms with van der Waals surface area (Å²) in [7, 11) is 1.63. The van der Waals surface area contributed by atoms with Gasteiger partial charge in [0.1, 0.15) is 5.60 Å². The lowest BCUT2D eigenvalue weighted by Gasteiger charge is -2.41. The lowest BCUT2D eigenvalue weighted by atomic mass is 9.80. The Hall–Kier alpha value is -3.00. The van der Waals surface area contributed by atoms with Gasteiger partial charge in [-0.15, -0.1) is 0 Å². The van der Waals surface area contributed by atoms with Crippen molar-refractivity contribution in [2.75, 3.05) is 33.4 Å². The Kier molecular flexibility index (Phi) is 7.51. The van der Waals surface area contributed by atoms with Crippen LogP contribution < -0.4 is 5.32 Å². The van der Waals surface area contributed by atoms with Gasteiger partial charge in [0.2, 0.25) is 0 Å². The van der Waals surface area contributed by atoms with E-state index in [4.69, 9.17) is 9.72 Å². The van der Waals surface area contributed by atoms with Crippen LogP contribution in [0.15, 0.2) is 67.0 Å². The van der Waals surface area contributed by atoms with E-state index in [9.17, 15) is 9.90 Å². The van der Waals surface area contributed by atoms with E-state index < -0.39 is 5.60 Å². The number of carbonyl (C=O) groups excluding carboxylic acids is 1. The van der Waals surface area contributed by atoms with Crippen molar-refractivity contribution in [1.29, 1.82) is 0 Å². The second kappa shape index (κ2) is 10.9. The quantitative estimate of drug-likeness (QED) is 0.530. The average Bonchev–Trinajstić information content (AvgIpc) is 3.35. The van der Waals surface area contributed by atoms with E-state index >= 15 is 0 Å². The zero-order valence-corrected chi connectivity index (χ0v) is 21.0. The highest BCUT2D eigenvalue weighted by atomic mass is 16.5. The van der Waals surface area contributed by atoms with E-state index in [2.05, 4.69) is 17.4 Å². The van der Waals surface area contributed by atoms with Crippen LogP contribution in [0.5, 0.6) is 0 Å². The third-order valence-electron chi connectivity index (χ3n) is 7.66. The summed E-state index contributed by atoms with van der Waals surface area (Å²) in [6.07, 6.45) is 5.99. The van der Waals surface area contributed by atoms with E-state index in [1.165, 1.54) is 5.56 Å². The molecular weight excluding hydrogens is 452 g/mol. The first kappa shape index (κ1) is 24.7. The molecule has 1 saturated heterocycles. The molecule has 2 fully saturated rings. The fourth-order valence-electron chi connectivity index (χ4n) is 5.89. The van der Waals surface area contributed by atoms with E-state index in [0.29, 0.717) is 18.7 Å². The predicted octanol–water partition coefficient (Wildman–Crippen LogP) is 3.70. The predicted molar refractivity (Wildman–Crippen MR) is 140 cm³/mol. The van der Waals surface area contributed by atoms with Crippen molar-refractivity contribution in [3.05, 3.63) is 78.2 Å². The maximum Gasteiger partial charge on any atom is 0.275 e. The molecule has 190 valence electrons. The smallest absolute Gasteiger partial charge is 0.275 e. The Bertz CT molecular complexity index is 1150. The number of rotatable bonds is 7. The van der Waals surface area contributed by atoms with Gasteiger partial charge in [-0.25, -0.2) is 4.98 Å². The lowest BCUT2D eigenvalue weighted by molar-refractivity contribution is -0.0893. The molecule has 2 unspecified atom stereocenters. The monoisotopic (exact) mass is 488 g/mol. The Balaban J connectivity index is 1.53. The minimum absolute atomic E-state index is 0.0440. The second-order valence-corrected chi connectivity index (χ2v) is 10.1. The molecule has 3 aromatic rings. The largest absolute Gasteiger partial charge is 0.385 e. The number of benzene rings is 2. The molecule has 2 N–H and O–H groups in total. The minimum Gasteiger partial charge on any atom is -0.385 e. The first-order chi connectivity index (χ1) is 17.6. The molecule has 1 saturated carbocycles. The molecule has 1 amide bonds. The fraction of sp³-hybridized carbons (Fsp3) is 0.448. The van der Waals surface area contributed by atoms with Crippen molar-refractivity contribution < 1.29 is 14.6 Å². The molecule has 0 spiro atoms. The van der Waals surface area contributed by atoms with Gasteiger partial charge in [0.25, 0.3) is 5.91 Å². The Morgan fingerprint density at radius 3 is 2.64 bits per heavy atom. The molecule has 0 bridgehead atoms. The molecule has 36 heavy (non-hydrogen) atoms. The first-order valence-electron chi connectivity index (χ1n) is 13.0. The molecule has 2 aromatic carbocycles. The number of nitrogens with zero attached hydrogens (tertiary/aromatic N) is 3. The number of aromatic nitrogens is 2. The van der Waals surface area contributed by atoms with Crippen molar-refractivity contribution in [3.8, 4) is 11.3 Å². The van der Waals surface area contributed by atoms with Crippen LogP contribution in [0.25, 0.3) is 11.3 Å². The van der Waals surface area contributed by atoms with Crippen molar-refractivity contribution in [2.45, 2.75) is 49.8 Å².